The summed E-state index contributed by atoms with van der Waals surface area (Å²) in [5.74, 6) is 1.99. The summed E-state index contributed by atoms with van der Waals surface area (Å²) in [5.41, 5.74) is 1.12. The van der Waals surface area contributed by atoms with Crippen LogP contribution in [0.2, 0.25) is 0 Å². The third kappa shape index (κ3) is 4.52. The number of anilines is 1. The number of halogens is 1. The van der Waals surface area contributed by atoms with E-state index in [1.807, 2.05) is 6.07 Å². The number of nitrogens with one attached hydrogen (secondary N) is 2. The van der Waals surface area contributed by atoms with Crippen molar-refractivity contribution in [3.8, 4) is 5.75 Å². The second-order valence-corrected chi connectivity index (χ2v) is 8.71. The van der Waals surface area contributed by atoms with Crippen LogP contribution in [-0.4, -0.2) is 30.7 Å². The molecule has 8 heteroatoms. The Labute approximate surface area is 156 Å². The lowest BCUT2D eigenvalue weighted by Crippen LogP contribution is -2.27. The van der Waals surface area contributed by atoms with Gasteiger partial charge in [-0.1, -0.05) is 0 Å². The van der Waals surface area contributed by atoms with Gasteiger partial charge in [-0.25, -0.2) is 0 Å². The quantitative estimate of drug-likeness (QED) is 0.693. The lowest BCUT2D eigenvalue weighted by molar-refractivity contribution is -0.118. The van der Waals surface area contributed by atoms with E-state index >= 15 is 0 Å². The molecule has 24 heavy (non-hydrogen) atoms. The Bertz CT molecular complexity index is 764. The van der Waals surface area contributed by atoms with Crippen LogP contribution in [0.15, 0.2) is 34.1 Å². The van der Waals surface area contributed by atoms with Crippen molar-refractivity contribution in [3.05, 3.63) is 44.6 Å². The lowest BCUT2D eigenvalue weighted by Gasteiger charge is -2.18. The van der Waals surface area contributed by atoms with Gasteiger partial charge in [-0.15, -0.1) is 11.3 Å². The number of thiophene rings is 1. The van der Waals surface area contributed by atoms with Crippen molar-refractivity contribution >= 4 is 56.5 Å². The van der Waals surface area contributed by atoms with Crippen LogP contribution in [0.4, 0.5) is 5.69 Å². The summed E-state index contributed by atoms with van der Waals surface area (Å²) in [6, 6.07) is 9.17. The number of carbonyl (C=O) groups is 2. The molecule has 0 saturated heterocycles. The van der Waals surface area contributed by atoms with Crippen LogP contribution < -0.4 is 15.4 Å². The molecule has 2 aromatic rings. The van der Waals surface area contributed by atoms with Gasteiger partial charge < -0.3 is 15.4 Å². The van der Waals surface area contributed by atoms with Crippen LogP contribution in [0.5, 0.6) is 5.75 Å². The van der Waals surface area contributed by atoms with Crippen molar-refractivity contribution < 1.29 is 14.3 Å². The molecule has 1 aliphatic rings. The molecule has 0 radical (unpaired) electrons. The number of benzene rings is 1. The van der Waals surface area contributed by atoms with Gasteiger partial charge in [0.1, 0.15) is 5.75 Å². The fourth-order valence-corrected chi connectivity index (χ4v) is 4.61. The lowest BCUT2D eigenvalue weighted by atomic mass is 10.1. The molecule has 0 unspecified atom stereocenters. The summed E-state index contributed by atoms with van der Waals surface area (Å²) in [6.45, 7) is 0.582. The zero-order valence-electron chi connectivity index (χ0n) is 12.6. The minimum Gasteiger partial charge on any atom is -0.482 e. The van der Waals surface area contributed by atoms with Gasteiger partial charge in [0.05, 0.1) is 9.47 Å². The van der Waals surface area contributed by atoms with Crippen LogP contribution in [0, 0.1) is 0 Å². The highest BCUT2D eigenvalue weighted by atomic mass is 79.9. The number of hydrogen-bond donors (Lipinski definition) is 2. The molecule has 0 saturated carbocycles. The highest BCUT2D eigenvalue weighted by Gasteiger charge is 2.17. The monoisotopic (exact) mass is 426 g/mol. The van der Waals surface area contributed by atoms with E-state index in [0.717, 1.165) is 15.3 Å². The van der Waals surface area contributed by atoms with Gasteiger partial charge >= 0.3 is 0 Å². The first-order chi connectivity index (χ1) is 11.6. The minimum absolute atomic E-state index is 0.0203. The van der Waals surface area contributed by atoms with Crippen LogP contribution in [0.3, 0.4) is 0 Å². The molecule has 2 heterocycles. The maximum atomic E-state index is 12.2. The van der Waals surface area contributed by atoms with Gasteiger partial charge in [-0.3, -0.25) is 9.59 Å². The third-order valence-electron chi connectivity index (χ3n) is 3.28. The summed E-state index contributed by atoms with van der Waals surface area (Å²) < 4.78 is 6.46. The summed E-state index contributed by atoms with van der Waals surface area (Å²) in [7, 11) is 0. The summed E-state index contributed by atoms with van der Waals surface area (Å²) >= 11 is 6.96. The van der Waals surface area contributed by atoms with Gasteiger partial charge in [0.2, 0.25) is 0 Å². The van der Waals surface area contributed by atoms with E-state index in [2.05, 4.69) is 32.6 Å². The molecule has 0 spiro atoms. The second-order valence-electron chi connectivity index (χ2n) is 5.06. The van der Waals surface area contributed by atoms with Crippen molar-refractivity contribution in [3.63, 3.8) is 0 Å². The zero-order chi connectivity index (χ0) is 16.9. The Kier molecular flexibility index (Phi) is 5.80. The van der Waals surface area contributed by atoms with Crippen molar-refractivity contribution in [2.24, 2.45) is 0 Å². The van der Waals surface area contributed by atoms with E-state index in [1.54, 1.807) is 41.3 Å². The molecule has 126 valence electrons. The van der Waals surface area contributed by atoms with Crippen LogP contribution in [-0.2, 0) is 10.5 Å². The number of carbonyl (C=O) groups excluding carboxylic acids is 2. The summed E-state index contributed by atoms with van der Waals surface area (Å²) in [5, 5.41) is 5.60. The Morgan fingerprint density at radius 1 is 1.38 bits per heavy atom. The second kappa shape index (κ2) is 8.04. The van der Waals surface area contributed by atoms with E-state index in [-0.39, 0.29) is 18.4 Å². The smallest absolute Gasteiger partial charge is 0.262 e. The molecule has 1 aromatic heterocycles. The molecule has 0 aliphatic carbocycles. The Morgan fingerprint density at radius 3 is 3.04 bits per heavy atom. The number of ether oxygens (including phenoxy) is 1. The molecule has 0 fully saturated rings. The number of fused-ring (bicyclic) bond motifs is 1. The van der Waals surface area contributed by atoms with E-state index in [0.29, 0.717) is 23.5 Å². The largest absolute Gasteiger partial charge is 0.482 e. The molecular weight excluding hydrogens is 412 g/mol. The Balaban J connectivity index is 1.44. The highest BCUT2D eigenvalue weighted by Crippen LogP contribution is 2.28. The van der Waals surface area contributed by atoms with Crippen molar-refractivity contribution in [2.75, 3.05) is 24.2 Å². The minimum atomic E-state index is -0.186. The first-order valence-electron chi connectivity index (χ1n) is 7.29. The molecule has 2 amide bonds. The van der Waals surface area contributed by atoms with Gasteiger partial charge in [-0.2, -0.15) is 11.8 Å². The number of amides is 2. The van der Waals surface area contributed by atoms with Crippen LogP contribution in [0.25, 0.3) is 0 Å². The average molecular weight is 427 g/mol. The van der Waals surface area contributed by atoms with E-state index in [4.69, 9.17) is 4.74 Å². The van der Waals surface area contributed by atoms with Crippen molar-refractivity contribution in [2.45, 2.75) is 5.75 Å². The van der Waals surface area contributed by atoms with Crippen LogP contribution in [0.1, 0.15) is 15.2 Å². The van der Waals surface area contributed by atoms with E-state index in [1.165, 1.54) is 4.88 Å². The zero-order valence-corrected chi connectivity index (χ0v) is 15.9. The first kappa shape index (κ1) is 17.3. The Morgan fingerprint density at radius 2 is 2.25 bits per heavy atom. The molecule has 0 bridgehead atoms. The first-order valence-corrected chi connectivity index (χ1v) is 10.0. The third-order valence-corrected chi connectivity index (χ3v) is 6.10. The highest BCUT2D eigenvalue weighted by molar-refractivity contribution is 9.11. The maximum Gasteiger partial charge on any atom is 0.262 e. The normalized spacial score (nSPS) is 13.0. The summed E-state index contributed by atoms with van der Waals surface area (Å²) in [6.07, 6.45) is 0. The van der Waals surface area contributed by atoms with Crippen LogP contribution >= 0.6 is 39.0 Å². The molecule has 2 N–H and O–H groups in total. The summed E-state index contributed by atoms with van der Waals surface area (Å²) in [4.78, 5) is 24.7. The van der Waals surface area contributed by atoms with Gasteiger partial charge in [-0.05, 0) is 46.3 Å². The van der Waals surface area contributed by atoms with Crippen molar-refractivity contribution in [1.82, 2.24) is 5.32 Å². The maximum absolute atomic E-state index is 12.2. The number of hydrogen-bond acceptors (Lipinski definition) is 5. The molecule has 1 aromatic carbocycles. The van der Waals surface area contributed by atoms with Gasteiger partial charge in [0, 0.05) is 28.5 Å². The Hall–Kier alpha value is -1.51. The standard InChI is InChI=1S/C16H15BrN2O3S2/c17-14-4-2-11(24-14)9-23-6-5-18-16(21)10-1-3-12-13(7-10)22-8-15(20)19-12/h1-4,7H,5-6,8-9H2,(H,18,21)(H,19,20). The fraction of sp³-hybridized carbons (Fsp3) is 0.250. The molecule has 5 nitrogen and oxygen atoms in total. The fourth-order valence-electron chi connectivity index (χ4n) is 2.16. The number of rotatable bonds is 6. The molecule has 3 rings (SSSR count). The SMILES string of the molecule is O=C1COc2cc(C(=O)NCCSCc3ccc(Br)s3)ccc2N1. The van der Waals surface area contributed by atoms with E-state index in [9.17, 15) is 9.59 Å². The van der Waals surface area contributed by atoms with Crippen molar-refractivity contribution in [1.29, 1.82) is 0 Å². The van der Waals surface area contributed by atoms with Gasteiger partial charge in [0.25, 0.3) is 11.8 Å². The van der Waals surface area contributed by atoms with Gasteiger partial charge in [0.15, 0.2) is 6.61 Å². The van der Waals surface area contributed by atoms with E-state index < -0.39 is 0 Å². The predicted molar refractivity (Wildman–Crippen MR) is 101 cm³/mol. The topological polar surface area (TPSA) is 67.4 Å². The average Bonchev–Trinajstić information content (AvgIpc) is 2.99. The molecule has 0 atom stereocenters. The number of thioether (sulfide) groups is 1. The predicted octanol–water partition coefficient (Wildman–Crippen LogP) is 3.50. The molecular formula is C16H15BrN2O3S2. The molecule has 1 aliphatic heterocycles.